The Balaban J connectivity index is 1.47. The first-order valence-corrected chi connectivity index (χ1v) is 9.36. The minimum Gasteiger partial charge on any atom is -0.383 e. The Kier molecular flexibility index (Phi) is 5.35. The second kappa shape index (κ2) is 8.24. The second-order valence-corrected chi connectivity index (χ2v) is 6.67. The van der Waals surface area contributed by atoms with Crippen molar-refractivity contribution in [3.05, 3.63) is 65.1 Å². The van der Waals surface area contributed by atoms with E-state index >= 15 is 0 Å². The Labute approximate surface area is 166 Å². The van der Waals surface area contributed by atoms with Crippen LogP contribution in [0.1, 0.15) is 6.42 Å². The highest BCUT2D eigenvalue weighted by Crippen LogP contribution is 2.24. The van der Waals surface area contributed by atoms with E-state index in [0.29, 0.717) is 17.5 Å². The van der Waals surface area contributed by atoms with E-state index in [0.717, 1.165) is 23.1 Å². The van der Waals surface area contributed by atoms with Crippen LogP contribution >= 0.6 is 0 Å². The molecule has 2 aromatic carbocycles. The van der Waals surface area contributed by atoms with Gasteiger partial charge in [-0.1, -0.05) is 23.4 Å². The Morgan fingerprint density at radius 3 is 2.79 bits per heavy atom. The van der Waals surface area contributed by atoms with Crippen LogP contribution in [-0.2, 0) is 22.6 Å². The summed E-state index contributed by atoms with van der Waals surface area (Å²) in [5, 5.41) is 12.3. The fourth-order valence-electron chi connectivity index (χ4n) is 3.31. The van der Waals surface area contributed by atoms with E-state index < -0.39 is 0 Å². The number of amides is 1. The summed E-state index contributed by atoms with van der Waals surface area (Å²) >= 11 is 0. The van der Waals surface area contributed by atoms with Crippen molar-refractivity contribution in [2.45, 2.75) is 19.5 Å². The van der Waals surface area contributed by atoms with Gasteiger partial charge >= 0.3 is 0 Å². The monoisotopic (exact) mass is 391 g/mol. The lowest BCUT2D eigenvalue weighted by molar-refractivity contribution is -0.116. The van der Waals surface area contributed by atoms with Crippen molar-refractivity contribution in [1.29, 1.82) is 0 Å². The summed E-state index contributed by atoms with van der Waals surface area (Å²) in [5.41, 5.74) is 2.06. The van der Waals surface area contributed by atoms with Crippen LogP contribution in [0.3, 0.4) is 0 Å². The second-order valence-electron chi connectivity index (χ2n) is 6.67. The van der Waals surface area contributed by atoms with Crippen molar-refractivity contribution in [3.8, 4) is 0 Å². The SMILES string of the molecule is COCCn1ccc2c(NC(=O)CCn3nnc4ccccc4c3=O)cccc21. The van der Waals surface area contributed by atoms with Crippen LogP contribution in [0.4, 0.5) is 5.69 Å². The third-order valence-corrected chi connectivity index (χ3v) is 4.80. The highest BCUT2D eigenvalue weighted by atomic mass is 16.5. The smallest absolute Gasteiger partial charge is 0.277 e. The van der Waals surface area contributed by atoms with Crippen molar-refractivity contribution >= 4 is 33.4 Å². The molecule has 0 fully saturated rings. The van der Waals surface area contributed by atoms with Gasteiger partial charge in [0, 0.05) is 31.7 Å². The molecule has 8 nitrogen and oxygen atoms in total. The van der Waals surface area contributed by atoms with Crippen molar-refractivity contribution in [2.75, 3.05) is 19.0 Å². The van der Waals surface area contributed by atoms with Crippen LogP contribution in [0.2, 0.25) is 0 Å². The number of hydrogen-bond donors (Lipinski definition) is 1. The van der Waals surface area contributed by atoms with Gasteiger partial charge in [-0.25, -0.2) is 4.68 Å². The van der Waals surface area contributed by atoms with E-state index in [2.05, 4.69) is 20.2 Å². The van der Waals surface area contributed by atoms with Crippen molar-refractivity contribution < 1.29 is 9.53 Å². The standard InChI is InChI=1S/C21H21N5O3/c1-29-14-13-25-11-9-15-17(7-4-8-19(15)25)22-20(27)10-12-26-21(28)16-5-2-3-6-18(16)23-24-26/h2-9,11H,10,12-14H2,1H3,(H,22,27). The van der Waals surface area contributed by atoms with Crippen molar-refractivity contribution in [3.63, 3.8) is 0 Å². The van der Waals surface area contributed by atoms with E-state index in [1.54, 1.807) is 31.4 Å². The lowest BCUT2D eigenvalue weighted by atomic mass is 10.2. The summed E-state index contributed by atoms with van der Waals surface area (Å²) < 4.78 is 8.45. The number of nitrogens with one attached hydrogen (secondary N) is 1. The van der Waals surface area contributed by atoms with E-state index in [1.165, 1.54) is 4.68 Å². The summed E-state index contributed by atoms with van der Waals surface area (Å²) in [4.78, 5) is 25.0. The van der Waals surface area contributed by atoms with Gasteiger partial charge in [-0.2, -0.15) is 0 Å². The average Bonchev–Trinajstić information content (AvgIpc) is 3.16. The summed E-state index contributed by atoms with van der Waals surface area (Å²) in [7, 11) is 1.67. The largest absolute Gasteiger partial charge is 0.383 e. The number of carbonyl (C=O) groups excluding carboxylic acids is 1. The molecule has 4 aromatic rings. The van der Waals surface area contributed by atoms with Crippen LogP contribution < -0.4 is 10.9 Å². The zero-order chi connectivity index (χ0) is 20.2. The maximum atomic E-state index is 12.5. The van der Waals surface area contributed by atoms with Crippen LogP contribution in [0, 0.1) is 0 Å². The molecule has 0 aliphatic carbocycles. The highest BCUT2D eigenvalue weighted by Gasteiger charge is 2.11. The minimum atomic E-state index is -0.249. The zero-order valence-electron chi connectivity index (χ0n) is 16.0. The van der Waals surface area contributed by atoms with Gasteiger partial charge in [0.25, 0.3) is 5.56 Å². The number of hydrogen-bond acceptors (Lipinski definition) is 5. The molecule has 0 atom stereocenters. The molecule has 4 rings (SSSR count). The zero-order valence-corrected chi connectivity index (χ0v) is 16.0. The Bertz CT molecular complexity index is 1230. The van der Waals surface area contributed by atoms with Crippen LogP contribution in [-0.4, -0.2) is 39.2 Å². The number of methoxy groups -OCH3 is 1. The van der Waals surface area contributed by atoms with Gasteiger partial charge in [0.05, 0.1) is 29.7 Å². The number of nitrogens with zero attached hydrogens (tertiary/aromatic N) is 4. The molecule has 29 heavy (non-hydrogen) atoms. The van der Waals surface area contributed by atoms with Gasteiger partial charge in [-0.15, -0.1) is 5.10 Å². The molecule has 2 heterocycles. The molecule has 0 unspecified atom stereocenters. The maximum Gasteiger partial charge on any atom is 0.277 e. The Morgan fingerprint density at radius 2 is 1.93 bits per heavy atom. The first-order chi connectivity index (χ1) is 14.2. The average molecular weight is 391 g/mol. The van der Waals surface area contributed by atoms with Crippen molar-refractivity contribution in [1.82, 2.24) is 19.6 Å². The fraction of sp³-hybridized carbons (Fsp3) is 0.238. The molecule has 0 radical (unpaired) electrons. The normalized spacial score (nSPS) is 11.2. The number of aromatic nitrogens is 4. The molecule has 2 aromatic heterocycles. The minimum absolute atomic E-state index is 0.119. The van der Waals surface area contributed by atoms with Crippen molar-refractivity contribution in [2.24, 2.45) is 0 Å². The van der Waals surface area contributed by atoms with Gasteiger partial charge in [0.1, 0.15) is 5.52 Å². The Hall–Kier alpha value is -3.52. The van der Waals surface area contributed by atoms with Gasteiger partial charge in [0.2, 0.25) is 5.91 Å². The Morgan fingerprint density at radius 1 is 1.07 bits per heavy atom. The molecular formula is C21H21N5O3. The number of anilines is 1. The first kappa shape index (κ1) is 18.8. The van der Waals surface area contributed by atoms with Crippen LogP contribution in [0.5, 0.6) is 0 Å². The third-order valence-electron chi connectivity index (χ3n) is 4.80. The predicted molar refractivity (Wildman–Crippen MR) is 111 cm³/mol. The fourth-order valence-corrected chi connectivity index (χ4v) is 3.31. The molecule has 0 saturated carbocycles. The molecular weight excluding hydrogens is 370 g/mol. The predicted octanol–water partition coefficient (Wildman–Crippen LogP) is 2.42. The third kappa shape index (κ3) is 3.88. The number of carbonyl (C=O) groups is 1. The maximum absolute atomic E-state index is 12.5. The molecule has 1 amide bonds. The van der Waals surface area contributed by atoms with E-state index in [-0.39, 0.29) is 24.4 Å². The molecule has 0 aliphatic rings. The lowest BCUT2D eigenvalue weighted by Crippen LogP contribution is -2.26. The summed E-state index contributed by atoms with van der Waals surface area (Å²) in [5.74, 6) is -0.191. The first-order valence-electron chi connectivity index (χ1n) is 9.36. The topological polar surface area (TPSA) is 91.0 Å². The molecule has 0 aliphatic heterocycles. The van der Waals surface area contributed by atoms with Gasteiger partial charge in [-0.3, -0.25) is 9.59 Å². The molecule has 0 bridgehead atoms. The highest BCUT2D eigenvalue weighted by molar-refractivity contribution is 6.01. The van der Waals surface area contributed by atoms with Crippen LogP contribution in [0.15, 0.2) is 59.5 Å². The number of rotatable bonds is 7. The van der Waals surface area contributed by atoms with E-state index in [1.807, 2.05) is 30.5 Å². The molecule has 0 saturated heterocycles. The summed E-state index contributed by atoms with van der Waals surface area (Å²) in [6.07, 6.45) is 2.09. The number of ether oxygens (including phenoxy) is 1. The number of benzene rings is 2. The quantitative estimate of drug-likeness (QED) is 0.522. The van der Waals surface area contributed by atoms with Crippen LogP contribution in [0.25, 0.3) is 21.8 Å². The summed E-state index contributed by atoms with van der Waals surface area (Å²) in [6.45, 7) is 1.51. The van der Waals surface area contributed by atoms with Gasteiger partial charge in [-0.05, 0) is 30.3 Å². The molecule has 148 valence electrons. The number of fused-ring (bicyclic) bond motifs is 2. The molecule has 0 spiro atoms. The van der Waals surface area contributed by atoms with Gasteiger partial charge in [0.15, 0.2) is 0 Å². The molecule has 1 N–H and O–H groups in total. The molecule has 8 heteroatoms. The lowest BCUT2D eigenvalue weighted by Gasteiger charge is -2.09. The van der Waals surface area contributed by atoms with E-state index in [9.17, 15) is 9.59 Å². The summed E-state index contributed by atoms with van der Waals surface area (Å²) in [6, 6.07) is 14.8. The number of aryl methyl sites for hydroxylation is 1. The van der Waals surface area contributed by atoms with E-state index in [4.69, 9.17) is 4.74 Å². The van der Waals surface area contributed by atoms with Gasteiger partial charge < -0.3 is 14.6 Å².